The molecule has 6 heteroatoms. The first-order valence-electron chi connectivity index (χ1n) is 5.57. The Morgan fingerprint density at radius 2 is 2.17 bits per heavy atom. The van der Waals surface area contributed by atoms with Gasteiger partial charge in [-0.05, 0) is 12.5 Å². The van der Waals surface area contributed by atoms with Gasteiger partial charge in [0.05, 0.1) is 19.0 Å². The largest absolute Gasteiger partial charge is 0.492 e. The fourth-order valence-electron chi connectivity index (χ4n) is 1.43. The van der Waals surface area contributed by atoms with E-state index in [0.29, 0.717) is 17.9 Å². The third-order valence-corrected chi connectivity index (χ3v) is 2.22. The average molecular weight is 248 g/mol. The van der Waals surface area contributed by atoms with Gasteiger partial charge in [0.1, 0.15) is 11.4 Å². The molecule has 0 aromatic carbocycles. The molecule has 0 spiro atoms. The SMILES string of the molecule is CCCOc1cncc(-c2nc(N)ncc2F)c1. The van der Waals surface area contributed by atoms with Crippen LogP contribution >= 0.6 is 0 Å². The summed E-state index contributed by atoms with van der Waals surface area (Å²) in [6, 6.07) is 1.67. The van der Waals surface area contributed by atoms with Crippen LogP contribution in [0.1, 0.15) is 13.3 Å². The van der Waals surface area contributed by atoms with Gasteiger partial charge in [-0.15, -0.1) is 0 Å². The summed E-state index contributed by atoms with van der Waals surface area (Å²) in [5.41, 5.74) is 6.07. The summed E-state index contributed by atoms with van der Waals surface area (Å²) in [4.78, 5) is 11.4. The highest BCUT2D eigenvalue weighted by molar-refractivity contribution is 5.60. The lowest BCUT2D eigenvalue weighted by molar-refractivity contribution is 0.316. The second-order valence-corrected chi connectivity index (χ2v) is 3.68. The molecule has 0 amide bonds. The van der Waals surface area contributed by atoms with Gasteiger partial charge < -0.3 is 10.5 Å². The zero-order valence-corrected chi connectivity index (χ0v) is 9.93. The molecule has 0 saturated heterocycles. The number of hydrogen-bond donors (Lipinski definition) is 1. The predicted octanol–water partition coefficient (Wildman–Crippen LogP) is 2.05. The normalized spacial score (nSPS) is 10.3. The van der Waals surface area contributed by atoms with E-state index in [9.17, 15) is 4.39 Å². The molecule has 0 saturated carbocycles. The summed E-state index contributed by atoms with van der Waals surface area (Å²) >= 11 is 0. The molecule has 0 aliphatic carbocycles. The van der Waals surface area contributed by atoms with Gasteiger partial charge in [-0.3, -0.25) is 4.98 Å². The van der Waals surface area contributed by atoms with Crippen LogP contribution in [0.3, 0.4) is 0 Å². The van der Waals surface area contributed by atoms with Gasteiger partial charge >= 0.3 is 0 Å². The Labute approximate surface area is 104 Å². The number of nitrogens with two attached hydrogens (primary N) is 1. The number of halogens is 1. The van der Waals surface area contributed by atoms with Crippen LogP contribution in [0.4, 0.5) is 10.3 Å². The van der Waals surface area contributed by atoms with Gasteiger partial charge in [0.25, 0.3) is 0 Å². The predicted molar refractivity (Wildman–Crippen MR) is 65.4 cm³/mol. The molecule has 5 nitrogen and oxygen atoms in total. The Bertz CT molecular complexity index is 547. The van der Waals surface area contributed by atoms with Crippen LogP contribution in [0.2, 0.25) is 0 Å². The molecule has 2 aromatic heterocycles. The number of ether oxygens (including phenoxy) is 1. The lowest BCUT2D eigenvalue weighted by Crippen LogP contribution is -2.00. The highest BCUT2D eigenvalue weighted by atomic mass is 19.1. The zero-order valence-electron chi connectivity index (χ0n) is 9.93. The third kappa shape index (κ3) is 2.71. The molecule has 0 aliphatic rings. The van der Waals surface area contributed by atoms with Crippen molar-refractivity contribution >= 4 is 5.95 Å². The minimum atomic E-state index is -0.543. The smallest absolute Gasteiger partial charge is 0.220 e. The number of aromatic nitrogens is 3. The van der Waals surface area contributed by atoms with Crippen LogP contribution in [-0.4, -0.2) is 21.6 Å². The summed E-state index contributed by atoms with van der Waals surface area (Å²) in [5.74, 6) is 0.0517. The number of nitrogens with zero attached hydrogens (tertiary/aromatic N) is 3. The molecular formula is C12H13FN4O. The van der Waals surface area contributed by atoms with Gasteiger partial charge in [-0.25, -0.2) is 14.4 Å². The standard InChI is InChI=1S/C12H13FN4O/c1-2-3-18-9-4-8(5-15-6-9)11-10(13)7-16-12(14)17-11/h4-7H,2-3H2,1H3,(H2,14,16,17). The number of hydrogen-bond acceptors (Lipinski definition) is 5. The van der Waals surface area contributed by atoms with Crippen molar-refractivity contribution in [2.45, 2.75) is 13.3 Å². The summed E-state index contributed by atoms with van der Waals surface area (Å²) in [7, 11) is 0. The Balaban J connectivity index is 2.35. The van der Waals surface area contributed by atoms with Crippen molar-refractivity contribution in [2.24, 2.45) is 0 Å². The molecule has 0 bridgehead atoms. The highest BCUT2D eigenvalue weighted by Crippen LogP contribution is 2.23. The van der Waals surface area contributed by atoms with Crippen LogP contribution < -0.4 is 10.5 Å². The first-order valence-corrected chi connectivity index (χ1v) is 5.57. The summed E-state index contributed by atoms with van der Waals surface area (Å²) < 4.78 is 19.0. The van der Waals surface area contributed by atoms with Crippen molar-refractivity contribution in [1.82, 2.24) is 15.0 Å². The molecule has 94 valence electrons. The summed E-state index contributed by atoms with van der Waals surface area (Å²) in [5, 5.41) is 0. The first-order chi connectivity index (χ1) is 8.70. The molecule has 0 atom stereocenters. The van der Waals surface area contributed by atoms with Crippen molar-refractivity contribution in [3.8, 4) is 17.0 Å². The summed E-state index contributed by atoms with van der Waals surface area (Å²) in [6.07, 6.45) is 5.00. The number of nitrogen functional groups attached to an aromatic ring is 1. The van der Waals surface area contributed by atoms with Crippen LogP contribution in [0.15, 0.2) is 24.7 Å². The fourth-order valence-corrected chi connectivity index (χ4v) is 1.43. The topological polar surface area (TPSA) is 73.9 Å². The lowest BCUT2D eigenvalue weighted by atomic mass is 10.2. The van der Waals surface area contributed by atoms with E-state index in [1.807, 2.05) is 6.92 Å². The molecule has 2 N–H and O–H groups in total. The Morgan fingerprint density at radius 3 is 2.94 bits per heavy atom. The van der Waals surface area contributed by atoms with E-state index in [1.165, 1.54) is 6.20 Å². The molecule has 0 unspecified atom stereocenters. The van der Waals surface area contributed by atoms with Crippen molar-refractivity contribution in [2.75, 3.05) is 12.3 Å². The molecule has 2 heterocycles. The third-order valence-electron chi connectivity index (χ3n) is 2.22. The molecule has 2 rings (SSSR count). The quantitative estimate of drug-likeness (QED) is 0.896. The van der Waals surface area contributed by atoms with Crippen LogP contribution in [-0.2, 0) is 0 Å². The van der Waals surface area contributed by atoms with E-state index in [0.717, 1.165) is 12.6 Å². The Hall–Kier alpha value is -2.24. The van der Waals surface area contributed by atoms with Gasteiger partial charge in [-0.2, -0.15) is 0 Å². The molecule has 2 aromatic rings. The molecule has 0 aliphatic heterocycles. The van der Waals surface area contributed by atoms with Gasteiger partial charge in [0.2, 0.25) is 5.95 Å². The Morgan fingerprint density at radius 1 is 1.33 bits per heavy atom. The zero-order chi connectivity index (χ0) is 13.0. The molecule has 0 radical (unpaired) electrons. The van der Waals surface area contributed by atoms with Crippen LogP contribution in [0.5, 0.6) is 5.75 Å². The number of anilines is 1. The van der Waals surface area contributed by atoms with E-state index in [1.54, 1.807) is 12.3 Å². The monoisotopic (exact) mass is 248 g/mol. The number of pyridine rings is 1. The molecule has 0 fully saturated rings. The van der Waals surface area contributed by atoms with E-state index in [-0.39, 0.29) is 11.6 Å². The highest BCUT2D eigenvalue weighted by Gasteiger charge is 2.09. The maximum atomic E-state index is 13.6. The van der Waals surface area contributed by atoms with Crippen LogP contribution in [0.25, 0.3) is 11.3 Å². The molecule has 18 heavy (non-hydrogen) atoms. The van der Waals surface area contributed by atoms with Crippen molar-refractivity contribution in [1.29, 1.82) is 0 Å². The maximum absolute atomic E-state index is 13.6. The second-order valence-electron chi connectivity index (χ2n) is 3.68. The van der Waals surface area contributed by atoms with E-state index < -0.39 is 5.82 Å². The van der Waals surface area contributed by atoms with Gasteiger partial charge in [-0.1, -0.05) is 6.92 Å². The van der Waals surface area contributed by atoms with Gasteiger partial charge in [0.15, 0.2) is 5.82 Å². The van der Waals surface area contributed by atoms with E-state index in [4.69, 9.17) is 10.5 Å². The van der Waals surface area contributed by atoms with E-state index in [2.05, 4.69) is 15.0 Å². The minimum absolute atomic E-state index is 0.0197. The maximum Gasteiger partial charge on any atom is 0.220 e. The lowest BCUT2D eigenvalue weighted by Gasteiger charge is -2.06. The van der Waals surface area contributed by atoms with Crippen molar-refractivity contribution < 1.29 is 9.13 Å². The van der Waals surface area contributed by atoms with E-state index >= 15 is 0 Å². The second kappa shape index (κ2) is 5.39. The first kappa shape index (κ1) is 12.2. The fraction of sp³-hybridized carbons (Fsp3) is 0.250. The Kier molecular flexibility index (Phi) is 3.66. The van der Waals surface area contributed by atoms with Crippen molar-refractivity contribution in [3.05, 3.63) is 30.5 Å². The summed E-state index contributed by atoms with van der Waals surface area (Å²) in [6.45, 7) is 2.58. The van der Waals surface area contributed by atoms with Crippen molar-refractivity contribution in [3.63, 3.8) is 0 Å². The minimum Gasteiger partial charge on any atom is -0.492 e. The number of rotatable bonds is 4. The van der Waals surface area contributed by atoms with Gasteiger partial charge in [0, 0.05) is 11.8 Å². The average Bonchev–Trinajstić information content (AvgIpc) is 2.39. The molecular weight excluding hydrogens is 235 g/mol. The van der Waals surface area contributed by atoms with Crippen LogP contribution in [0, 0.1) is 5.82 Å².